The van der Waals surface area contributed by atoms with Crippen molar-refractivity contribution in [1.82, 2.24) is 24.6 Å². The van der Waals surface area contributed by atoms with Crippen molar-refractivity contribution in [2.24, 2.45) is 5.41 Å². The van der Waals surface area contributed by atoms with Crippen LogP contribution < -0.4 is 16.4 Å². The number of H-pyrrole nitrogens is 1. The minimum Gasteiger partial charge on any atom is -0.395 e. The lowest BCUT2D eigenvalue weighted by Crippen LogP contribution is -2.44. The quantitative estimate of drug-likeness (QED) is 0.107. The molecule has 0 aliphatic carbocycles. The van der Waals surface area contributed by atoms with Crippen molar-refractivity contribution in [2.45, 2.75) is 51.4 Å². The van der Waals surface area contributed by atoms with Crippen LogP contribution in [0.5, 0.6) is 0 Å². The minimum absolute atomic E-state index is 0.0230. The van der Waals surface area contributed by atoms with E-state index in [0.29, 0.717) is 0 Å². The molecule has 4 rings (SSSR count). The molecule has 236 valence electrons. The molecule has 17 heteroatoms. The summed E-state index contributed by atoms with van der Waals surface area (Å²) >= 11 is 0.972. The maximum atomic E-state index is 13.7. The van der Waals surface area contributed by atoms with Crippen LogP contribution in [0.2, 0.25) is 0 Å². The van der Waals surface area contributed by atoms with E-state index in [1.165, 1.54) is 17.8 Å². The van der Waals surface area contributed by atoms with Crippen molar-refractivity contribution in [3.8, 4) is 0 Å². The summed E-state index contributed by atoms with van der Waals surface area (Å²) < 4.78 is 32.3. The second-order valence-corrected chi connectivity index (χ2v) is 14.2. The van der Waals surface area contributed by atoms with Gasteiger partial charge >= 0.3 is 0 Å². The van der Waals surface area contributed by atoms with Crippen LogP contribution >= 0.6 is 19.3 Å². The fourth-order valence-corrected chi connectivity index (χ4v) is 6.64. The van der Waals surface area contributed by atoms with E-state index >= 15 is 0 Å². The predicted molar refractivity (Wildman–Crippen MR) is 159 cm³/mol. The zero-order valence-electron chi connectivity index (χ0n) is 24.0. The Balaban J connectivity index is 1.40. The van der Waals surface area contributed by atoms with E-state index in [4.69, 9.17) is 19.7 Å². The van der Waals surface area contributed by atoms with E-state index < -0.39 is 48.9 Å². The summed E-state index contributed by atoms with van der Waals surface area (Å²) in [5, 5.41) is 34.1. The van der Waals surface area contributed by atoms with Crippen molar-refractivity contribution < 1.29 is 38.7 Å². The number of aromatic nitrogens is 4. The summed E-state index contributed by atoms with van der Waals surface area (Å²) in [5.74, 6) is 0.0464. The van der Waals surface area contributed by atoms with Gasteiger partial charge in [0.15, 0.2) is 22.5 Å². The molecule has 1 aliphatic heterocycles. The Hall–Kier alpha value is -2.66. The number of nitrogens with one attached hydrogen (secondary N) is 2. The van der Waals surface area contributed by atoms with Gasteiger partial charge in [-0.15, -0.1) is 0 Å². The second kappa shape index (κ2) is 13.5. The van der Waals surface area contributed by atoms with E-state index in [9.17, 15) is 29.5 Å². The number of nitrogens with two attached hydrogens (primary N) is 1. The summed E-state index contributed by atoms with van der Waals surface area (Å²) in [6, 6.07) is 9.25. The van der Waals surface area contributed by atoms with Crippen LogP contribution in [0.25, 0.3) is 11.2 Å². The van der Waals surface area contributed by atoms with Crippen molar-refractivity contribution in [3.63, 3.8) is 0 Å². The average Bonchev–Trinajstić information content (AvgIpc) is 3.48. The number of aromatic amines is 1. The summed E-state index contributed by atoms with van der Waals surface area (Å²) in [7, 11) is -3.63. The van der Waals surface area contributed by atoms with Gasteiger partial charge in [-0.3, -0.25) is 23.7 Å². The van der Waals surface area contributed by atoms with E-state index in [0.717, 1.165) is 17.3 Å². The van der Waals surface area contributed by atoms with Gasteiger partial charge < -0.3 is 35.1 Å². The lowest BCUT2D eigenvalue weighted by atomic mass is 9.96. The number of imidazole rings is 1. The maximum Gasteiger partial charge on any atom is 0.295 e. The number of nitrogens with zero attached hydrogens (tertiary/aromatic N) is 3. The van der Waals surface area contributed by atoms with Crippen LogP contribution in [0.15, 0.2) is 41.5 Å². The molecule has 5 atom stereocenters. The molecule has 0 amide bonds. The Morgan fingerprint density at radius 2 is 2.07 bits per heavy atom. The van der Waals surface area contributed by atoms with Gasteiger partial charge in [0.05, 0.1) is 31.6 Å². The van der Waals surface area contributed by atoms with Gasteiger partial charge in [0, 0.05) is 12.3 Å². The fourth-order valence-electron chi connectivity index (χ4n) is 4.30. The third kappa shape index (κ3) is 7.71. The van der Waals surface area contributed by atoms with Gasteiger partial charge in [-0.1, -0.05) is 42.1 Å². The topological polar surface area (TPSA) is 224 Å². The van der Waals surface area contributed by atoms with Gasteiger partial charge in [0.1, 0.15) is 24.2 Å². The highest BCUT2D eigenvalue weighted by Gasteiger charge is 2.53. The molecule has 1 aliphatic rings. The van der Waals surface area contributed by atoms with Gasteiger partial charge in [-0.25, -0.2) is 10.1 Å². The molecule has 3 heterocycles. The smallest absolute Gasteiger partial charge is 0.295 e. The van der Waals surface area contributed by atoms with E-state index in [1.54, 1.807) is 13.8 Å². The number of thioether (sulfide) groups is 1. The molecule has 3 aromatic rings. The number of carbonyl (C=O) groups excluding carboxylic acids is 1. The minimum atomic E-state index is -3.63. The number of hydrogen-bond donors (Lipinski definition) is 6. The molecule has 2 aromatic heterocycles. The molecule has 0 saturated carbocycles. The number of aliphatic hydroxyl groups is 3. The van der Waals surface area contributed by atoms with Gasteiger partial charge in [-0.2, -0.15) is 4.98 Å². The maximum absolute atomic E-state index is 13.7. The number of anilines is 1. The first-order valence-electron chi connectivity index (χ1n) is 13.4. The molecule has 15 nitrogen and oxygen atoms in total. The number of carbonyl (C=O) groups is 1. The first kappa shape index (κ1) is 33.2. The number of benzene rings is 1. The van der Waals surface area contributed by atoms with Gasteiger partial charge in [0.25, 0.3) is 13.1 Å². The Labute approximate surface area is 251 Å². The molecule has 0 bridgehead atoms. The van der Waals surface area contributed by atoms with Gasteiger partial charge in [0.2, 0.25) is 5.95 Å². The number of fused-ring (bicyclic) bond motifs is 1. The molecular weight excluding hydrogens is 603 g/mol. The molecule has 1 saturated heterocycles. The van der Waals surface area contributed by atoms with Crippen molar-refractivity contribution in [2.75, 3.05) is 37.7 Å². The normalized spacial score (nSPS) is 23.9. The zero-order chi connectivity index (χ0) is 31.4. The van der Waals surface area contributed by atoms with Crippen molar-refractivity contribution in [1.29, 1.82) is 0 Å². The number of hydrogen-bond acceptors (Lipinski definition) is 13. The molecule has 1 aromatic carbocycles. The highest BCUT2D eigenvalue weighted by Crippen LogP contribution is 2.44. The van der Waals surface area contributed by atoms with E-state index in [-0.39, 0.29) is 54.3 Å². The Kier molecular flexibility index (Phi) is 10.5. The molecule has 1 fully saturated rings. The van der Waals surface area contributed by atoms with Crippen LogP contribution in [0.3, 0.4) is 0 Å². The number of nitrogen functional groups attached to an aromatic ring is 1. The van der Waals surface area contributed by atoms with Crippen LogP contribution in [-0.2, 0) is 29.9 Å². The zero-order valence-corrected chi connectivity index (χ0v) is 25.7. The lowest BCUT2D eigenvalue weighted by molar-refractivity contribution is -0.119. The molecule has 0 spiro atoms. The third-order valence-corrected chi connectivity index (χ3v) is 9.88. The monoisotopic (exact) mass is 640 g/mol. The van der Waals surface area contributed by atoms with Crippen LogP contribution in [0.4, 0.5) is 5.95 Å². The van der Waals surface area contributed by atoms with E-state index in [2.05, 4.69) is 20.0 Å². The Morgan fingerprint density at radius 3 is 2.77 bits per heavy atom. The molecule has 43 heavy (non-hydrogen) atoms. The SMILES string of the molecule is CC(C)(CO)C(=O)SCCOP(=O)(COC[C@H]1OC(n2cnc3c(=O)[nH]c(N)nc32)[C@](C)(O)[C@@H]1O)NCc1ccccc1. The first-order valence-corrected chi connectivity index (χ1v) is 16.2. The van der Waals surface area contributed by atoms with Crippen molar-refractivity contribution >= 4 is 41.5 Å². The summed E-state index contributed by atoms with van der Waals surface area (Å²) in [6.45, 7) is 4.23. The lowest BCUT2D eigenvalue weighted by Gasteiger charge is -2.27. The summed E-state index contributed by atoms with van der Waals surface area (Å²) in [4.78, 5) is 34.9. The fraction of sp³-hybridized carbons (Fsp3) is 0.538. The van der Waals surface area contributed by atoms with Gasteiger partial charge in [-0.05, 0) is 26.3 Å². The third-order valence-electron chi connectivity index (χ3n) is 6.93. The number of aliphatic hydroxyl groups excluding tert-OH is 2. The summed E-state index contributed by atoms with van der Waals surface area (Å²) in [5.41, 5.74) is 3.23. The molecule has 2 unspecified atom stereocenters. The predicted octanol–water partition coefficient (Wildman–Crippen LogP) is 0.963. The van der Waals surface area contributed by atoms with Crippen LogP contribution in [-0.4, -0.2) is 89.7 Å². The average molecular weight is 641 g/mol. The summed E-state index contributed by atoms with van der Waals surface area (Å²) in [6.07, 6.45) is -2.85. The van der Waals surface area contributed by atoms with E-state index in [1.807, 2.05) is 30.3 Å². The number of rotatable bonds is 14. The molecular formula is C26H37N6O9PS. The molecule has 7 N–H and O–H groups in total. The second-order valence-electron chi connectivity index (χ2n) is 11.0. The Bertz CT molecular complexity index is 1520. The Morgan fingerprint density at radius 1 is 1.35 bits per heavy atom. The van der Waals surface area contributed by atoms with Crippen LogP contribution in [0, 0.1) is 5.41 Å². The largest absolute Gasteiger partial charge is 0.395 e. The number of ether oxygens (including phenoxy) is 2. The standard InChI is InChI=1S/C26H37N6O9PS/c1-25(2,13-33)23(36)43-10-9-40-42(38,29-11-16-7-5-4-6-8-16)15-39-12-17-19(34)26(3,37)22(41-17)32-14-28-18-20(32)30-24(27)31-21(18)35/h4-8,14,17,19,22,33-34,37H,9-13,15H2,1-3H3,(H,29,38)(H3,27,30,31,35)/t17-,19-,22?,26-,42?/m1/s1. The highest BCUT2D eigenvalue weighted by atomic mass is 32.2. The highest BCUT2D eigenvalue weighted by molar-refractivity contribution is 8.13. The van der Waals surface area contributed by atoms with Crippen molar-refractivity contribution in [3.05, 3.63) is 52.6 Å². The molecule has 0 radical (unpaired) electrons. The first-order chi connectivity index (χ1) is 20.3. The van der Waals surface area contributed by atoms with Crippen LogP contribution in [0.1, 0.15) is 32.6 Å².